The molecule has 0 amide bonds. The van der Waals surface area contributed by atoms with Crippen molar-refractivity contribution in [1.29, 1.82) is 0 Å². The maximum absolute atomic E-state index is 9.40. The van der Waals surface area contributed by atoms with E-state index in [1.54, 1.807) is 0 Å². The Bertz CT molecular complexity index is 647. The molecular formula is C19H21Cl2NO. The zero-order valence-electron chi connectivity index (χ0n) is 13.0. The quantitative estimate of drug-likeness (QED) is 0.853. The predicted molar refractivity (Wildman–Crippen MR) is 96.1 cm³/mol. The molecular weight excluding hydrogens is 329 g/mol. The Morgan fingerprint density at radius 1 is 1.00 bits per heavy atom. The number of aliphatic hydroxyl groups is 1. The minimum absolute atomic E-state index is 0.224. The molecule has 1 aliphatic heterocycles. The average molecular weight is 350 g/mol. The summed E-state index contributed by atoms with van der Waals surface area (Å²) in [5.74, 6) is 0.835. The van der Waals surface area contributed by atoms with Crippen LogP contribution >= 0.6 is 23.2 Å². The Morgan fingerprint density at radius 2 is 1.78 bits per heavy atom. The highest BCUT2D eigenvalue weighted by molar-refractivity contribution is 6.42. The van der Waals surface area contributed by atoms with Gasteiger partial charge >= 0.3 is 0 Å². The molecule has 1 heterocycles. The van der Waals surface area contributed by atoms with Crippen LogP contribution in [0.15, 0.2) is 48.5 Å². The van der Waals surface area contributed by atoms with E-state index in [4.69, 9.17) is 23.2 Å². The van der Waals surface area contributed by atoms with Gasteiger partial charge in [0.25, 0.3) is 0 Å². The fourth-order valence-corrected chi connectivity index (χ4v) is 3.82. The van der Waals surface area contributed by atoms with Crippen LogP contribution in [0.2, 0.25) is 10.0 Å². The molecule has 2 aromatic rings. The minimum Gasteiger partial charge on any atom is -0.396 e. The summed E-state index contributed by atoms with van der Waals surface area (Å²) in [7, 11) is 0. The molecule has 1 N–H and O–H groups in total. The van der Waals surface area contributed by atoms with E-state index in [2.05, 4.69) is 35.2 Å². The van der Waals surface area contributed by atoms with E-state index in [1.807, 2.05) is 18.2 Å². The highest BCUT2D eigenvalue weighted by Crippen LogP contribution is 2.37. The van der Waals surface area contributed by atoms with Gasteiger partial charge in [-0.25, -0.2) is 0 Å². The molecule has 0 spiro atoms. The largest absolute Gasteiger partial charge is 0.396 e. The van der Waals surface area contributed by atoms with Gasteiger partial charge in [-0.1, -0.05) is 59.6 Å². The van der Waals surface area contributed by atoms with Gasteiger partial charge < -0.3 is 5.11 Å². The third-order valence-corrected chi connectivity index (χ3v) is 5.38. The molecule has 2 unspecified atom stereocenters. The summed E-state index contributed by atoms with van der Waals surface area (Å²) in [6.45, 7) is 3.15. The summed E-state index contributed by atoms with van der Waals surface area (Å²) in [6, 6.07) is 16.4. The number of aliphatic hydroxyl groups excluding tert-OH is 1. The first kappa shape index (κ1) is 16.8. The summed E-state index contributed by atoms with van der Waals surface area (Å²) in [6.07, 6.45) is 0.816. The van der Waals surface area contributed by atoms with E-state index < -0.39 is 0 Å². The number of hydrogen-bond acceptors (Lipinski definition) is 2. The van der Waals surface area contributed by atoms with Crippen LogP contribution in [0.25, 0.3) is 0 Å². The van der Waals surface area contributed by atoms with Crippen molar-refractivity contribution < 1.29 is 5.11 Å². The molecule has 3 rings (SSSR count). The number of benzene rings is 2. The third-order valence-electron chi connectivity index (χ3n) is 4.64. The van der Waals surface area contributed by atoms with E-state index in [1.165, 1.54) is 11.1 Å². The van der Waals surface area contributed by atoms with Crippen LogP contribution in [0.5, 0.6) is 0 Å². The van der Waals surface area contributed by atoms with Gasteiger partial charge in [-0.3, -0.25) is 4.90 Å². The molecule has 4 heteroatoms. The Morgan fingerprint density at radius 3 is 2.48 bits per heavy atom. The number of rotatable bonds is 5. The lowest BCUT2D eigenvalue weighted by Crippen LogP contribution is -2.20. The molecule has 0 aromatic heterocycles. The number of nitrogens with zero attached hydrogens (tertiary/aromatic N) is 1. The van der Waals surface area contributed by atoms with Crippen molar-refractivity contribution in [2.45, 2.75) is 18.9 Å². The summed E-state index contributed by atoms with van der Waals surface area (Å²) < 4.78 is 0. The summed E-state index contributed by atoms with van der Waals surface area (Å²) in [5.41, 5.74) is 2.54. The predicted octanol–water partition coefficient (Wildman–Crippen LogP) is 4.59. The first-order valence-corrected chi connectivity index (χ1v) is 8.75. The highest BCUT2D eigenvalue weighted by atomic mass is 35.5. The van der Waals surface area contributed by atoms with Crippen molar-refractivity contribution in [2.24, 2.45) is 5.92 Å². The van der Waals surface area contributed by atoms with Crippen LogP contribution in [0.4, 0.5) is 0 Å². The van der Waals surface area contributed by atoms with Crippen molar-refractivity contribution in [1.82, 2.24) is 4.90 Å². The van der Waals surface area contributed by atoms with E-state index in [9.17, 15) is 5.11 Å². The lowest BCUT2D eigenvalue weighted by Gasteiger charge is -2.18. The number of hydrogen-bond donors (Lipinski definition) is 1. The van der Waals surface area contributed by atoms with Crippen LogP contribution in [0.1, 0.15) is 23.5 Å². The second kappa shape index (κ2) is 7.67. The molecule has 0 radical (unpaired) electrons. The van der Waals surface area contributed by atoms with Crippen molar-refractivity contribution in [3.05, 3.63) is 69.7 Å². The van der Waals surface area contributed by atoms with Gasteiger partial charge in [0, 0.05) is 32.2 Å². The van der Waals surface area contributed by atoms with Crippen molar-refractivity contribution in [3.63, 3.8) is 0 Å². The molecule has 23 heavy (non-hydrogen) atoms. The molecule has 0 aliphatic carbocycles. The molecule has 0 bridgehead atoms. The summed E-state index contributed by atoms with van der Waals surface area (Å²) >= 11 is 12.2. The zero-order valence-corrected chi connectivity index (χ0v) is 14.5. The summed E-state index contributed by atoms with van der Waals surface area (Å²) in [4.78, 5) is 2.46. The first-order chi connectivity index (χ1) is 11.2. The van der Waals surface area contributed by atoms with Crippen molar-refractivity contribution in [3.8, 4) is 0 Å². The maximum Gasteiger partial charge on any atom is 0.0595 e. The molecule has 2 atom stereocenters. The molecule has 2 nitrogen and oxygen atoms in total. The van der Waals surface area contributed by atoms with E-state index >= 15 is 0 Å². The average Bonchev–Trinajstić information content (AvgIpc) is 2.94. The standard InChI is InChI=1S/C19H21Cl2NO/c20-18-7-6-15(10-19(18)21)17-13-22(12-16(17)8-9-23)11-14-4-2-1-3-5-14/h1-7,10,16-17,23H,8-9,11-13H2. The highest BCUT2D eigenvalue weighted by Gasteiger charge is 2.33. The van der Waals surface area contributed by atoms with E-state index in [-0.39, 0.29) is 6.61 Å². The van der Waals surface area contributed by atoms with Crippen LogP contribution in [0.3, 0.4) is 0 Å². The van der Waals surface area contributed by atoms with E-state index in [0.29, 0.717) is 21.9 Å². The summed E-state index contributed by atoms with van der Waals surface area (Å²) in [5, 5.41) is 10.6. The minimum atomic E-state index is 0.224. The fraction of sp³-hybridized carbons (Fsp3) is 0.368. The molecule has 1 aliphatic rings. The Labute approximate surface area is 147 Å². The van der Waals surface area contributed by atoms with Crippen LogP contribution < -0.4 is 0 Å². The van der Waals surface area contributed by atoms with Crippen LogP contribution in [-0.4, -0.2) is 29.7 Å². The third kappa shape index (κ3) is 4.07. The van der Waals surface area contributed by atoms with Gasteiger partial charge in [-0.15, -0.1) is 0 Å². The Hall–Kier alpha value is -1.06. The number of halogens is 2. The van der Waals surface area contributed by atoms with Gasteiger partial charge in [0.15, 0.2) is 0 Å². The van der Waals surface area contributed by atoms with Crippen molar-refractivity contribution in [2.75, 3.05) is 19.7 Å². The second-order valence-corrected chi connectivity index (χ2v) is 7.05. The van der Waals surface area contributed by atoms with Crippen LogP contribution in [0, 0.1) is 5.92 Å². The fourth-order valence-electron chi connectivity index (χ4n) is 3.51. The van der Waals surface area contributed by atoms with Crippen LogP contribution in [-0.2, 0) is 6.54 Å². The number of likely N-dealkylation sites (tertiary alicyclic amines) is 1. The lowest BCUT2D eigenvalue weighted by atomic mass is 9.87. The van der Waals surface area contributed by atoms with Gasteiger partial charge in [0.2, 0.25) is 0 Å². The van der Waals surface area contributed by atoms with Gasteiger partial charge in [-0.2, -0.15) is 0 Å². The lowest BCUT2D eigenvalue weighted by molar-refractivity contribution is 0.246. The van der Waals surface area contributed by atoms with Crippen molar-refractivity contribution >= 4 is 23.2 Å². The topological polar surface area (TPSA) is 23.5 Å². The van der Waals surface area contributed by atoms with Gasteiger partial charge in [0.05, 0.1) is 10.0 Å². The molecule has 1 saturated heterocycles. The second-order valence-electron chi connectivity index (χ2n) is 6.23. The smallest absolute Gasteiger partial charge is 0.0595 e. The van der Waals surface area contributed by atoms with Gasteiger partial charge in [0.1, 0.15) is 0 Å². The SMILES string of the molecule is OCCC1CN(Cc2ccccc2)CC1c1ccc(Cl)c(Cl)c1. The van der Waals surface area contributed by atoms with E-state index in [0.717, 1.165) is 26.1 Å². The molecule has 0 saturated carbocycles. The Kier molecular flexibility index (Phi) is 5.60. The normalized spacial score (nSPS) is 21.7. The maximum atomic E-state index is 9.40. The molecule has 1 fully saturated rings. The van der Waals surface area contributed by atoms with Gasteiger partial charge in [-0.05, 0) is 35.6 Å². The Balaban J connectivity index is 1.76. The molecule has 2 aromatic carbocycles. The molecule has 122 valence electrons. The first-order valence-electron chi connectivity index (χ1n) is 7.99. The monoisotopic (exact) mass is 349 g/mol. The zero-order chi connectivity index (χ0) is 16.2.